The molecule has 0 unspecified atom stereocenters. The van der Waals surface area contributed by atoms with Crippen molar-refractivity contribution in [3.05, 3.63) is 85.1 Å². The summed E-state index contributed by atoms with van der Waals surface area (Å²) in [6.45, 7) is 6.45. The molecule has 6 heteroatoms. The largest absolute Gasteiger partial charge is 0.462 e. The molecule has 0 fully saturated rings. The van der Waals surface area contributed by atoms with Gasteiger partial charge in [0, 0.05) is 19.3 Å². The van der Waals surface area contributed by atoms with Gasteiger partial charge in [0.05, 0.1) is 0 Å². The van der Waals surface area contributed by atoms with Gasteiger partial charge >= 0.3 is 17.9 Å². The Morgan fingerprint density at radius 2 is 0.631 bits per heavy atom. The summed E-state index contributed by atoms with van der Waals surface area (Å²) in [6.07, 6.45) is 68.6. The number of carbonyl (C=O) groups excluding carboxylic acids is 3. The third-order valence-electron chi connectivity index (χ3n) is 11.4. The van der Waals surface area contributed by atoms with Crippen LogP contribution < -0.4 is 0 Å². The first-order chi connectivity index (χ1) is 32.0. The number of carbonyl (C=O) groups is 3. The molecule has 0 aromatic heterocycles. The Kier molecular flexibility index (Phi) is 50.4. The van der Waals surface area contributed by atoms with Crippen LogP contribution in [0.2, 0.25) is 0 Å². The van der Waals surface area contributed by atoms with E-state index in [0.29, 0.717) is 19.3 Å². The van der Waals surface area contributed by atoms with Crippen molar-refractivity contribution in [1.82, 2.24) is 0 Å². The number of esters is 3. The quantitative estimate of drug-likeness (QED) is 0.0262. The smallest absolute Gasteiger partial charge is 0.306 e. The van der Waals surface area contributed by atoms with Crippen LogP contribution in [0, 0.1) is 0 Å². The molecule has 0 amide bonds. The van der Waals surface area contributed by atoms with E-state index in [2.05, 4.69) is 99.8 Å². The lowest BCUT2D eigenvalue weighted by Gasteiger charge is -2.18. The molecule has 1 atom stereocenters. The van der Waals surface area contributed by atoms with E-state index in [-0.39, 0.29) is 37.5 Å². The molecular formula is C59H100O6. The van der Waals surface area contributed by atoms with Gasteiger partial charge in [-0.1, -0.05) is 234 Å². The van der Waals surface area contributed by atoms with E-state index < -0.39 is 6.10 Å². The molecule has 6 nitrogen and oxygen atoms in total. The van der Waals surface area contributed by atoms with Crippen LogP contribution in [0.3, 0.4) is 0 Å². The Labute approximate surface area is 401 Å². The zero-order chi connectivity index (χ0) is 47.2. The van der Waals surface area contributed by atoms with Crippen molar-refractivity contribution in [2.24, 2.45) is 0 Å². The molecule has 0 aliphatic heterocycles. The highest BCUT2D eigenvalue weighted by atomic mass is 16.6. The first-order valence-corrected chi connectivity index (χ1v) is 27.1. The van der Waals surface area contributed by atoms with Crippen LogP contribution in [-0.4, -0.2) is 37.2 Å². The van der Waals surface area contributed by atoms with Gasteiger partial charge in [-0.25, -0.2) is 0 Å². The third-order valence-corrected chi connectivity index (χ3v) is 11.4. The maximum Gasteiger partial charge on any atom is 0.306 e. The minimum Gasteiger partial charge on any atom is -0.462 e. The summed E-state index contributed by atoms with van der Waals surface area (Å²) in [5.41, 5.74) is 0. The van der Waals surface area contributed by atoms with Crippen LogP contribution in [0.1, 0.15) is 252 Å². The number of rotatable bonds is 48. The van der Waals surface area contributed by atoms with Crippen molar-refractivity contribution < 1.29 is 28.6 Å². The molecule has 0 aliphatic rings. The van der Waals surface area contributed by atoms with Gasteiger partial charge in [0.1, 0.15) is 13.2 Å². The van der Waals surface area contributed by atoms with E-state index in [1.165, 1.54) is 116 Å². The van der Waals surface area contributed by atoms with E-state index in [0.717, 1.165) is 89.9 Å². The van der Waals surface area contributed by atoms with Gasteiger partial charge < -0.3 is 14.2 Å². The van der Waals surface area contributed by atoms with Crippen LogP contribution in [0.25, 0.3) is 0 Å². The Bertz CT molecular complexity index is 1270. The van der Waals surface area contributed by atoms with Crippen LogP contribution in [0.4, 0.5) is 0 Å². The summed E-state index contributed by atoms with van der Waals surface area (Å²) in [4.78, 5) is 38.0. The van der Waals surface area contributed by atoms with Crippen molar-refractivity contribution in [2.75, 3.05) is 13.2 Å². The normalized spacial score (nSPS) is 12.7. The molecule has 0 aromatic carbocycles. The number of ether oxygens (including phenoxy) is 3. The summed E-state index contributed by atoms with van der Waals surface area (Å²) in [7, 11) is 0. The highest BCUT2D eigenvalue weighted by Gasteiger charge is 2.19. The molecule has 0 rings (SSSR count). The van der Waals surface area contributed by atoms with Crippen molar-refractivity contribution >= 4 is 17.9 Å². The molecule has 0 saturated heterocycles. The molecule has 0 bridgehead atoms. The van der Waals surface area contributed by atoms with Gasteiger partial charge in [0.15, 0.2) is 6.10 Å². The number of unbranched alkanes of at least 4 members (excludes halogenated alkanes) is 23. The number of hydrogen-bond acceptors (Lipinski definition) is 6. The molecular weight excluding hydrogens is 805 g/mol. The Morgan fingerprint density at radius 1 is 0.323 bits per heavy atom. The maximum atomic E-state index is 12.8. The lowest BCUT2D eigenvalue weighted by Crippen LogP contribution is -2.30. The van der Waals surface area contributed by atoms with Crippen LogP contribution in [-0.2, 0) is 28.6 Å². The molecule has 372 valence electrons. The van der Waals surface area contributed by atoms with Crippen LogP contribution >= 0.6 is 0 Å². The van der Waals surface area contributed by atoms with E-state index >= 15 is 0 Å². The average Bonchev–Trinajstić information content (AvgIpc) is 3.30. The van der Waals surface area contributed by atoms with Crippen molar-refractivity contribution in [3.63, 3.8) is 0 Å². The van der Waals surface area contributed by atoms with E-state index in [9.17, 15) is 14.4 Å². The van der Waals surface area contributed by atoms with Gasteiger partial charge in [-0.3, -0.25) is 14.4 Å². The molecule has 0 radical (unpaired) electrons. The second-order valence-corrected chi connectivity index (χ2v) is 17.8. The highest BCUT2D eigenvalue weighted by molar-refractivity contribution is 5.71. The molecule has 0 aromatic rings. The summed E-state index contributed by atoms with van der Waals surface area (Å²) in [6, 6.07) is 0. The highest BCUT2D eigenvalue weighted by Crippen LogP contribution is 2.15. The first-order valence-electron chi connectivity index (χ1n) is 27.1. The zero-order valence-corrected chi connectivity index (χ0v) is 42.5. The summed E-state index contributed by atoms with van der Waals surface area (Å²) in [5.74, 6) is -0.994. The predicted molar refractivity (Wildman–Crippen MR) is 279 cm³/mol. The second-order valence-electron chi connectivity index (χ2n) is 17.8. The molecule has 0 heterocycles. The van der Waals surface area contributed by atoms with Gasteiger partial charge in [-0.2, -0.15) is 0 Å². The minimum atomic E-state index is -0.808. The maximum absolute atomic E-state index is 12.8. The van der Waals surface area contributed by atoms with E-state index in [4.69, 9.17) is 14.2 Å². The average molecular weight is 905 g/mol. The fraction of sp³-hybridized carbons (Fsp3) is 0.712. The number of hydrogen-bond donors (Lipinski definition) is 0. The van der Waals surface area contributed by atoms with Crippen LogP contribution in [0.15, 0.2) is 85.1 Å². The topological polar surface area (TPSA) is 78.9 Å². The standard InChI is InChI=1S/C59H100O6/c1-4-7-10-13-16-19-22-25-27-28-29-30-32-34-37-40-43-46-49-52-58(61)64-55-56(54-63-57(60)51-48-45-42-39-36-33-24-21-18-15-12-9-6-3)65-59(62)53-50-47-44-41-38-35-31-26-23-20-17-14-11-8-5-2/h7,10,16,19,21,24-25,27,29-30,34,37,43,46,56H,4-6,8-9,11-15,17-18,20,22-23,26,28,31-33,35-36,38-42,44-45,47-55H2,1-3H3/b10-7+,19-16+,24-21+,27-25+,30-29+,37-34+,46-43+/t56-/m1/s1. The third kappa shape index (κ3) is 51.4. The zero-order valence-electron chi connectivity index (χ0n) is 42.5. The lowest BCUT2D eigenvalue weighted by atomic mass is 10.0. The van der Waals surface area contributed by atoms with Crippen LogP contribution in [0.5, 0.6) is 0 Å². The second kappa shape index (κ2) is 53.2. The fourth-order valence-corrected chi connectivity index (χ4v) is 7.35. The van der Waals surface area contributed by atoms with Crippen molar-refractivity contribution in [1.29, 1.82) is 0 Å². The van der Waals surface area contributed by atoms with Crippen molar-refractivity contribution in [3.8, 4) is 0 Å². The van der Waals surface area contributed by atoms with E-state index in [1.54, 1.807) is 0 Å². The summed E-state index contributed by atoms with van der Waals surface area (Å²) >= 11 is 0. The van der Waals surface area contributed by atoms with Gasteiger partial charge in [0.25, 0.3) is 0 Å². The SMILES string of the molecule is CC/C=C/C/C=C/C/C=C/C/C=C/C/C=C/C/C=C/CCC(=O)OC[C@@H](COC(=O)CCCCCCC/C=C/CCCCCC)OC(=O)CCCCCCCCCCCCCCCCC. The fourth-order valence-electron chi connectivity index (χ4n) is 7.35. The van der Waals surface area contributed by atoms with Gasteiger partial charge in [-0.15, -0.1) is 0 Å². The number of allylic oxidation sites excluding steroid dienone is 14. The molecule has 65 heavy (non-hydrogen) atoms. The predicted octanol–water partition coefficient (Wildman–Crippen LogP) is 18.0. The van der Waals surface area contributed by atoms with Crippen molar-refractivity contribution in [2.45, 2.75) is 258 Å². The van der Waals surface area contributed by atoms with E-state index in [1.807, 2.05) is 6.08 Å². The Balaban J connectivity index is 4.49. The molecule has 0 aliphatic carbocycles. The molecule has 0 saturated carbocycles. The van der Waals surface area contributed by atoms with Gasteiger partial charge in [0.2, 0.25) is 0 Å². The summed E-state index contributed by atoms with van der Waals surface area (Å²) < 4.78 is 16.7. The molecule has 0 spiro atoms. The Hall–Kier alpha value is -3.41. The minimum absolute atomic E-state index is 0.103. The first kappa shape index (κ1) is 61.6. The summed E-state index contributed by atoms with van der Waals surface area (Å²) in [5, 5.41) is 0. The molecule has 0 N–H and O–H groups in total. The van der Waals surface area contributed by atoms with Gasteiger partial charge in [-0.05, 0) is 83.5 Å². The Morgan fingerprint density at radius 3 is 1.05 bits per heavy atom. The lowest BCUT2D eigenvalue weighted by molar-refractivity contribution is -0.166. The monoisotopic (exact) mass is 905 g/mol.